The molecule has 1 unspecified atom stereocenters. The van der Waals surface area contributed by atoms with Gasteiger partial charge in [-0.3, -0.25) is 0 Å². The molecule has 1 saturated heterocycles. The van der Waals surface area contributed by atoms with Crippen LogP contribution in [0.2, 0.25) is 0 Å². The first-order valence-corrected chi connectivity index (χ1v) is 8.54. The lowest BCUT2D eigenvalue weighted by molar-refractivity contribution is 0.190. The highest BCUT2D eigenvalue weighted by atomic mass is 32.2. The van der Waals surface area contributed by atoms with Crippen molar-refractivity contribution in [3.63, 3.8) is 0 Å². The van der Waals surface area contributed by atoms with Crippen LogP contribution in [-0.2, 0) is 0 Å². The largest absolute Gasteiger partial charge is 0.314 e. The first kappa shape index (κ1) is 15.3. The molecule has 102 valence electrons. The van der Waals surface area contributed by atoms with E-state index in [2.05, 4.69) is 30.4 Å². The van der Waals surface area contributed by atoms with Gasteiger partial charge in [0.25, 0.3) is 0 Å². The standard InChI is InChI=1S/C14H30N2S/c1-13(14-7-10-16(2)11-8-14)15-9-5-4-6-12-17-3/h13-15H,4-12H2,1-3H3. The number of unbranched alkanes of at least 4 members (excludes halogenated alkanes) is 2. The van der Waals surface area contributed by atoms with E-state index in [0.29, 0.717) is 6.04 Å². The summed E-state index contributed by atoms with van der Waals surface area (Å²) in [6.45, 7) is 6.15. The first-order chi connectivity index (χ1) is 8.24. The SMILES string of the molecule is CSCCCCCNC(C)C1CCN(C)CC1. The van der Waals surface area contributed by atoms with E-state index in [0.717, 1.165) is 5.92 Å². The first-order valence-electron chi connectivity index (χ1n) is 7.15. The smallest absolute Gasteiger partial charge is 0.00679 e. The van der Waals surface area contributed by atoms with E-state index in [9.17, 15) is 0 Å². The van der Waals surface area contributed by atoms with Crippen molar-refractivity contribution in [2.45, 2.75) is 45.1 Å². The van der Waals surface area contributed by atoms with Gasteiger partial charge < -0.3 is 10.2 Å². The minimum Gasteiger partial charge on any atom is -0.314 e. The van der Waals surface area contributed by atoms with Gasteiger partial charge in [-0.2, -0.15) is 11.8 Å². The number of nitrogens with zero attached hydrogens (tertiary/aromatic N) is 1. The van der Waals surface area contributed by atoms with Gasteiger partial charge in [-0.15, -0.1) is 0 Å². The molecule has 1 rings (SSSR count). The van der Waals surface area contributed by atoms with E-state index in [4.69, 9.17) is 0 Å². The van der Waals surface area contributed by atoms with Gasteiger partial charge in [0.1, 0.15) is 0 Å². The van der Waals surface area contributed by atoms with Crippen molar-refractivity contribution < 1.29 is 0 Å². The molecule has 1 fully saturated rings. The molecule has 3 heteroatoms. The predicted octanol–water partition coefficient (Wildman–Crippen LogP) is 2.84. The Morgan fingerprint density at radius 1 is 1.24 bits per heavy atom. The fourth-order valence-corrected chi connectivity index (χ4v) is 3.07. The van der Waals surface area contributed by atoms with Crippen LogP contribution >= 0.6 is 11.8 Å². The second-order valence-electron chi connectivity index (χ2n) is 5.44. The van der Waals surface area contributed by atoms with Gasteiger partial charge in [0.05, 0.1) is 0 Å². The third kappa shape index (κ3) is 6.68. The normalized spacial score (nSPS) is 20.6. The molecule has 0 saturated carbocycles. The molecule has 1 aliphatic rings. The molecule has 1 atom stereocenters. The maximum atomic E-state index is 3.72. The molecule has 0 spiro atoms. The van der Waals surface area contributed by atoms with Crippen molar-refractivity contribution in [2.75, 3.05) is 38.7 Å². The molecule has 0 aromatic heterocycles. The summed E-state index contributed by atoms with van der Waals surface area (Å²) >= 11 is 1.96. The molecule has 0 aliphatic carbocycles. The zero-order valence-corrected chi connectivity index (χ0v) is 12.7. The summed E-state index contributed by atoms with van der Waals surface area (Å²) in [6, 6.07) is 0.712. The van der Waals surface area contributed by atoms with Crippen LogP contribution in [0.15, 0.2) is 0 Å². The summed E-state index contributed by atoms with van der Waals surface area (Å²) in [4.78, 5) is 2.45. The fourth-order valence-electron chi connectivity index (χ4n) is 2.57. The fraction of sp³-hybridized carbons (Fsp3) is 1.00. The van der Waals surface area contributed by atoms with Crippen LogP contribution in [0.25, 0.3) is 0 Å². The van der Waals surface area contributed by atoms with Crippen LogP contribution in [0.1, 0.15) is 39.0 Å². The predicted molar refractivity (Wildman–Crippen MR) is 79.9 cm³/mol. The van der Waals surface area contributed by atoms with E-state index in [1.165, 1.54) is 57.5 Å². The van der Waals surface area contributed by atoms with Gasteiger partial charge in [-0.1, -0.05) is 6.42 Å². The Balaban J connectivity index is 1.99. The monoisotopic (exact) mass is 258 g/mol. The Morgan fingerprint density at radius 3 is 2.59 bits per heavy atom. The van der Waals surface area contributed by atoms with Crippen molar-refractivity contribution in [1.29, 1.82) is 0 Å². The third-order valence-electron chi connectivity index (χ3n) is 3.96. The minimum atomic E-state index is 0.712. The summed E-state index contributed by atoms with van der Waals surface area (Å²) in [6.07, 6.45) is 9.05. The van der Waals surface area contributed by atoms with Crippen molar-refractivity contribution in [3.8, 4) is 0 Å². The average Bonchev–Trinajstić information content (AvgIpc) is 2.34. The van der Waals surface area contributed by atoms with Crippen molar-refractivity contribution in [2.24, 2.45) is 5.92 Å². The molecule has 0 radical (unpaired) electrons. The van der Waals surface area contributed by atoms with Crippen LogP contribution in [0.4, 0.5) is 0 Å². The molecule has 1 heterocycles. The number of likely N-dealkylation sites (tertiary alicyclic amines) is 1. The number of rotatable bonds is 8. The van der Waals surface area contributed by atoms with Crippen molar-refractivity contribution in [1.82, 2.24) is 10.2 Å². The van der Waals surface area contributed by atoms with Crippen LogP contribution in [0.5, 0.6) is 0 Å². The summed E-state index contributed by atoms with van der Waals surface area (Å²) in [5, 5.41) is 3.72. The maximum absolute atomic E-state index is 3.72. The molecule has 0 bridgehead atoms. The lowest BCUT2D eigenvalue weighted by atomic mass is 9.90. The van der Waals surface area contributed by atoms with E-state index in [1.807, 2.05) is 11.8 Å². The van der Waals surface area contributed by atoms with Crippen LogP contribution in [0.3, 0.4) is 0 Å². The van der Waals surface area contributed by atoms with E-state index >= 15 is 0 Å². The molecular weight excluding hydrogens is 228 g/mol. The number of thioether (sulfide) groups is 1. The van der Waals surface area contributed by atoms with E-state index in [-0.39, 0.29) is 0 Å². The molecule has 2 nitrogen and oxygen atoms in total. The number of piperidine rings is 1. The minimum absolute atomic E-state index is 0.712. The summed E-state index contributed by atoms with van der Waals surface area (Å²) in [7, 11) is 2.24. The maximum Gasteiger partial charge on any atom is 0.00679 e. The van der Waals surface area contributed by atoms with Gasteiger partial charge in [0, 0.05) is 6.04 Å². The van der Waals surface area contributed by atoms with Crippen LogP contribution in [-0.4, -0.2) is 49.6 Å². The molecule has 1 N–H and O–H groups in total. The summed E-state index contributed by atoms with van der Waals surface area (Å²) in [5.74, 6) is 2.22. The second-order valence-corrected chi connectivity index (χ2v) is 6.42. The average molecular weight is 258 g/mol. The number of hydrogen-bond donors (Lipinski definition) is 1. The van der Waals surface area contributed by atoms with Crippen molar-refractivity contribution >= 4 is 11.8 Å². The highest BCUT2D eigenvalue weighted by molar-refractivity contribution is 7.98. The Hall–Kier alpha value is 0.270. The van der Waals surface area contributed by atoms with Gasteiger partial charge in [-0.25, -0.2) is 0 Å². The Morgan fingerprint density at radius 2 is 1.94 bits per heavy atom. The van der Waals surface area contributed by atoms with Crippen LogP contribution in [0, 0.1) is 5.92 Å². The highest BCUT2D eigenvalue weighted by Gasteiger charge is 2.21. The molecule has 17 heavy (non-hydrogen) atoms. The van der Waals surface area contributed by atoms with Gasteiger partial charge in [-0.05, 0) is 77.2 Å². The Labute approximate surface area is 112 Å². The van der Waals surface area contributed by atoms with Gasteiger partial charge >= 0.3 is 0 Å². The molecule has 0 aromatic rings. The highest BCUT2D eigenvalue weighted by Crippen LogP contribution is 2.19. The summed E-state index contributed by atoms with van der Waals surface area (Å²) < 4.78 is 0. The lowest BCUT2D eigenvalue weighted by Gasteiger charge is -2.33. The Kier molecular flexibility index (Phi) is 8.33. The number of nitrogens with one attached hydrogen (secondary N) is 1. The second kappa shape index (κ2) is 9.23. The van der Waals surface area contributed by atoms with E-state index < -0.39 is 0 Å². The summed E-state index contributed by atoms with van der Waals surface area (Å²) in [5.41, 5.74) is 0. The number of hydrogen-bond acceptors (Lipinski definition) is 3. The zero-order chi connectivity index (χ0) is 12.5. The molecule has 0 aromatic carbocycles. The quantitative estimate of drug-likeness (QED) is 0.674. The Bertz CT molecular complexity index is 179. The lowest BCUT2D eigenvalue weighted by Crippen LogP contribution is -2.40. The molecular formula is C14H30N2S. The topological polar surface area (TPSA) is 15.3 Å². The molecule has 1 aliphatic heterocycles. The van der Waals surface area contributed by atoms with Crippen LogP contribution < -0.4 is 5.32 Å². The molecule has 0 amide bonds. The van der Waals surface area contributed by atoms with Gasteiger partial charge in [0.15, 0.2) is 0 Å². The zero-order valence-electron chi connectivity index (χ0n) is 11.9. The third-order valence-corrected chi connectivity index (χ3v) is 4.66. The van der Waals surface area contributed by atoms with Gasteiger partial charge in [0.2, 0.25) is 0 Å². The van der Waals surface area contributed by atoms with E-state index in [1.54, 1.807) is 0 Å². The van der Waals surface area contributed by atoms with Crippen molar-refractivity contribution in [3.05, 3.63) is 0 Å².